The fraction of sp³-hybridized carbons (Fsp3) is 0.448. The molecule has 0 saturated carbocycles. The average Bonchev–Trinajstić information content (AvgIpc) is 3.18. The average molecular weight is 524 g/mol. The summed E-state index contributed by atoms with van der Waals surface area (Å²) in [6.07, 6.45) is 16.8. The van der Waals surface area contributed by atoms with Gasteiger partial charge >= 0.3 is 6.09 Å². The molecule has 2 aromatic heterocycles. The Morgan fingerprint density at radius 3 is 2.68 bits per heavy atom. The Kier molecular flexibility index (Phi) is 7.77. The normalized spacial score (nSPS) is 14.2. The van der Waals surface area contributed by atoms with Crippen molar-refractivity contribution in [2.24, 2.45) is 0 Å². The molecule has 1 aliphatic rings. The number of nitrogens with zero attached hydrogens (tertiary/aromatic N) is 3. The molecule has 0 radical (unpaired) electrons. The Morgan fingerprint density at radius 1 is 1.19 bits per heavy atom. The number of rotatable bonds is 7. The van der Waals surface area contributed by atoms with Crippen molar-refractivity contribution in [3.8, 4) is 23.8 Å². The van der Waals surface area contributed by atoms with E-state index in [-0.39, 0.29) is 6.09 Å². The van der Waals surface area contributed by atoms with E-state index in [1.165, 1.54) is 5.56 Å². The summed E-state index contributed by atoms with van der Waals surface area (Å²) >= 11 is 0. The third kappa shape index (κ3) is 6.79. The van der Waals surface area contributed by atoms with Gasteiger partial charge in [0.05, 0.1) is 17.6 Å². The van der Waals surface area contributed by atoms with E-state index in [9.17, 15) is 4.79 Å². The van der Waals surface area contributed by atoms with Crippen molar-refractivity contribution in [3.05, 3.63) is 53.3 Å². The molecule has 4 rings (SSSR count). The zero-order chi connectivity index (χ0) is 26.8. The minimum Gasteiger partial charge on any atom is -0.456 e. The van der Waals surface area contributed by atoms with Crippen LogP contribution in [0.15, 0.2) is 36.7 Å². The van der Waals surface area contributed by atoms with Crippen molar-refractivity contribution in [2.75, 3.05) is 37.7 Å². The fourth-order valence-corrected chi connectivity index (χ4v) is 4.77. The molecule has 8 heteroatoms. The Hall–Kier alpha value is -3.15. The third-order valence-corrected chi connectivity index (χ3v) is 7.41. The summed E-state index contributed by atoms with van der Waals surface area (Å²) in [6, 6.07) is 7.83. The molecule has 0 aliphatic carbocycles. The second-order valence-corrected chi connectivity index (χ2v) is 15.8. The molecule has 7 nitrogen and oxygen atoms in total. The highest BCUT2D eigenvalue weighted by Gasteiger charge is 2.26. The number of aromatic nitrogens is 2. The van der Waals surface area contributed by atoms with Crippen molar-refractivity contribution in [1.29, 1.82) is 0 Å². The molecule has 3 heterocycles. The number of carbonyl (C=O) groups excluding carboxylic acids is 1. The lowest BCUT2D eigenvalue weighted by Gasteiger charge is -2.31. The molecule has 0 bridgehead atoms. The highest BCUT2D eigenvalue weighted by Crippen LogP contribution is 2.35. The van der Waals surface area contributed by atoms with Crippen LogP contribution in [0.5, 0.6) is 11.5 Å². The first-order valence-electron chi connectivity index (χ1n) is 12.4. The number of carbonyl (C=O) groups is 1. The van der Waals surface area contributed by atoms with Gasteiger partial charge < -0.3 is 23.7 Å². The van der Waals surface area contributed by atoms with Crippen LogP contribution in [0.1, 0.15) is 37.5 Å². The topological polar surface area (TPSA) is 65.8 Å². The van der Waals surface area contributed by atoms with Gasteiger partial charge in [0, 0.05) is 31.2 Å². The zero-order valence-corrected chi connectivity index (χ0v) is 23.5. The van der Waals surface area contributed by atoms with Gasteiger partial charge in [0.2, 0.25) is 0 Å². The second-order valence-electron chi connectivity index (χ2n) is 11.2. The number of fused-ring (bicyclic) bond motifs is 2. The van der Waals surface area contributed by atoms with Crippen LogP contribution in [-0.2, 0) is 29.2 Å². The van der Waals surface area contributed by atoms with E-state index in [1.54, 1.807) is 11.1 Å². The molecule has 0 saturated heterocycles. The van der Waals surface area contributed by atoms with Gasteiger partial charge in [-0.2, -0.15) is 0 Å². The minimum atomic E-state index is -0.616. The van der Waals surface area contributed by atoms with Crippen molar-refractivity contribution in [2.45, 2.75) is 46.1 Å². The van der Waals surface area contributed by atoms with Gasteiger partial charge in [-0.1, -0.05) is 12.0 Å². The molecule has 37 heavy (non-hydrogen) atoms. The molecule has 0 spiro atoms. The molecule has 0 unspecified atom stereocenters. The molecule has 1 amide bonds. The number of pyridine rings is 1. The molecular weight excluding hydrogens is 486 g/mol. The lowest BCUT2D eigenvalue weighted by Crippen LogP contribution is -2.39. The van der Waals surface area contributed by atoms with Crippen LogP contribution >= 0.6 is 10.0 Å². The predicted molar refractivity (Wildman–Crippen MR) is 151 cm³/mol. The van der Waals surface area contributed by atoms with Crippen LogP contribution < -0.4 is 4.74 Å². The number of amides is 1. The first kappa shape index (κ1) is 26.9. The summed E-state index contributed by atoms with van der Waals surface area (Å²) < 4.78 is 19.8. The summed E-state index contributed by atoms with van der Waals surface area (Å²) in [5.74, 6) is 5.12. The summed E-state index contributed by atoms with van der Waals surface area (Å²) in [5.41, 5.74) is 3.15. The number of ether oxygens (including phenoxy) is 3. The van der Waals surface area contributed by atoms with Gasteiger partial charge in [0.25, 0.3) is 0 Å². The molecule has 1 aliphatic heterocycles. The van der Waals surface area contributed by atoms with E-state index >= 15 is 0 Å². The van der Waals surface area contributed by atoms with Gasteiger partial charge in [-0.15, -0.1) is 6.42 Å². The van der Waals surface area contributed by atoms with E-state index in [1.807, 2.05) is 49.7 Å². The van der Waals surface area contributed by atoms with Crippen LogP contribution in [0.4, 0.5) is 4.79 Å². The zero-order valence-electron chi connectivity index (χ0n) is 22.7. The highest BCUT2D eigenvalue weighted by molar-refractivity contribution is 8.32. The van der Waals surface area contributed by atoms with Crippen molar-refractivity contribution >= 4 is 27.2 Å². The molecule has 0 atom stereocenters. The lowest BCUT2D eigenvalue weighted by molar-refractivity contribution is 0.0224. The molecule has 0 N–H and O–H groups in total. The maximum absolute atomic E-state index is 12.6. The standard InChI is InChI=1S/C29H37N3O4S/c1-8-21-18-32(20-34-15-16-37(5,6)7)27-26(21)25(11-13-30-27)35-24-10-9-22-12-14-31(19-23(22)17-24)28(33)36-29(2,3)4/h1,9-11,13,17-18H,12,14-16,19-20H2,2-7H3. The Bertz CT molecular complexity index is 1330. The van der Waals surface area contributed by atoms with E-state index < -0.39 is 15.6 Å². The Balaban J connectivity index is 1.54. The minimum absolute atomic E-state index is 0.300. The van der Waals surface area contributed by atoms with Crippen molar-refractivity contribution in [3.63, 3.8) is 0 Å². The van der Waals surface area contributed by atoms with Gasteiger partial charge in [-0.05, 0) is 75.3 Å². The van der Waals surface area contributed by atoms with Gasteiger partial charge in [0.1, 0.15) is 29.5 Å². The molecule has 198 valence electrons. The van der Waals surface area contributed by atoms with Crippen LogP contribution in [0.2, 0.25) is 0 Å². The predicted octanol–water partition coefficient (Wildman–Crippen LogP) is 5.77. The summed E-state index contributed by atoms with van der Waals surface area (Å²) in [5, 5.41) is 0.781. The second kappa shape index (κ2) is 10.7. The highest BCUT2D eigenvalue weighted by atomic mass is 32.3. The SMILES string of the molecule is C#Cc1cn(COCCS(C)(C)C)c2nccc(Oc3ccc4c(c3)CN(C(=O)OC(C)(C)C)CC4)c12. The molecular formula is C29H37N3O4S. The molecule has 1 aromatic carbocycles. The van der Waals surface area contributed by atoms with Crippen molar-refractivity contribution in [1.82, 2.24) is 14.5 Å². The van der Waals surface area contributed by atoms with Crippen LogP contribution in [-0.4, -0.2) is 63.8 Å². The Morgan fingerprint density at radius 2 is 1.97 bits per heavy atom. The maximum Gasteiger partial charge on any atom is 0.410 e. The maximum atomic E-state index is 12.6. The quantitative estimate of drug-likeness (QED) is 0.291. The van der Waals surface area contributed by atoms with Gasteiger partial charge in [-0.3, -0.25) is 0 Å². The molecule has 3 aromatic rings. The lowest BCUT2D eigenvalue weighted by atomic mass is 10.00. The van der Waals surface area contributed by atoms with Crippen LogP contribution in [0.25, 0.3) is 11.0 Å². The summed E-state index contributed by atoms with van der Waals surface area (Å²) in [4.78, 5) is 18.9. The first-order valence-corrected chi connectivity index (χ1v) is 15.4. The monoisotopic (exact) mass is 523 g/mol. The van der Waals surface area contributed by atoms with Crippen LogP contribution in [0.3, 0.4) is 0 Å². The molecule has 0 fully saturated rings. The summed E-state index contributed by atoms with van der Waals surface area (Å²) in [6.45, 7) is 7.81. The fourth-order valence-electron chi connectivity index (χ4n) is 4.16. The van der Waals surface area contributed by atoms with E-state index in [0.29, 0.717) is 43.5 Å². The van der Waals surface area contributed by atoms with E-state index in [0.717, 1.165) is 28.8 Å². The van der Waals surface area contributed by atoms with E-state index in [4.69, 9.17) is 20.6 Å². The van der Waals surface area contributed by atoms with E-state index in [2.05, 4.69) is 35.7 Å². The number of benzene rings is 1. The van der Waals surface area contributed by atoms with Crippen LogP contribution in [0, 0.1) is 12.3 Å². The number of hydrogen-bond acceptors (Lipinski definition) is 5. The Labute approximate surface area is 221 Å². The first-order chi connectivity index (χ1) is 17.4. The van der Waals surface area contributed by atoms with Gasteiger partial charge in [-0.25, -0.2) is 19.8 Å². The van der Waals surface area contributed by atoms with Gasteiger partial charge in [0.15, 0.2) is 0 Å². The van der Waals surface area contributed by atoms with Crippen molar-refractivity contribution < 1.29 is 19.0 Å². The third-order valence-electron chi connectivity index (χ3n) is 6.01. The number of hydrogen-bond donors (Lipinski definition) is 0. The largest absolute Gasteiger partial charge is 0.456 e. The number of terminal acetylenes is 1. The summed E-state index contributed by atoms with van der Waals surface area (Å²) in [7, 11) is -0.616. The smallest absolute Gasteiger partial charge is 0.410 e.